The van der Waals surface area contributed by atoms with Crippen molar-refractivity contribution < 1.29 is 0 Å². The Hall–Kier alpha value is -0.0600. The second kappa shape index (κ2) is 8.09. The van der Waals surface area contributed by atoms with Gasteiger partial charge in [0.1, 0.15) is 4.34 Å². The summed E-state index contributed by atoms with van der Waals surface area (Å²) in [5.41, 5.74) is 0. The molecular weight excluding hydrogens is 236 g/mol. The zero-order valence-electron chi connectivity index (χ0n) is 10.4. The number of thioether (sulfide) groups is 1. The summed E-state index contributed by atoms with van der Waals surface area (Å²) in [6.07, 6.45) is 4.34. The molecule has 0 aromatic carbocycles. The summed E-state index contributed by atoms with van der Waals surface area (Å²) in [7, 11) is 0. The van der Waals surface area contributed by atoms with Gasteiger partial charge in [-0.15, -0.1) is 11.3 Å². The first kappa shape index (κ1) is 14.0. The lowest BCUT2D eigenvalue weighted by molar-refractivity contribution is 0.392. The maximum Gasteiger partial charge on any atom is 0.149 e. The lowest BCUT2D eigenvalue weighted by Gasteiger charge is -2.19. The van der Waals surface area contributed by atoms with Crippen molar-refractivity contribution >= 4 is 23.1 Å². The molecule has 2 nitrogen and oxygen atoms in total. The molecule has 1 heterocycles. The fourth-order valence-electron chi connectivity index (χ4n) is 1.40. The van der Waals surface area contributed by atoms with Gasteiger partial charge in [-0.1, -0.05) is 32.0 Å². The zero-order valence-corrected chi connectivity index (χ0v) is 12.0. The van der Waals surface area contributed by atoms with Crippen LogP contribution in [0.2, 0.25) is 0 Å². The molecular formula is C12H22N2S2. The molecule has 0 fully saturated rings. The second-order valence-corrected chi connectivity index (χ2v) is 6.36. The Kier molecular flexibility index (Phi) is 7.08. The predicted octanol–water partition coefficient (Wildman–Crippen LogP) is 3.65. The maximum absolute atomic E-state index is 4.25. The Bertz CT molecular complexity index is 262. The molecule has 16 heavy (non-hydrogen) atoms. The summed E-state index contributed by atoms with van der Waals surface area (Å²) >= 11 is 3.59. The Morgan fingerprint density at radius 3 is 2.94 bits per heavy atom. The fourth-order valence-corrected chi connectivity index (χ4v) is 3.05. The smallest absolute Gasteiger partial charge is 0.149 e. The maximum atomic E-state index is 4.25. The van der Waals surface area contributed by atoms with Crippen molar-refractivity contribution in [3.63, 3.8) is 0 Å². The minimum Gasteiger partial charge on any atom is -0.314 e. The first-order valence-corrected chi connectivity index (χ1v) is 7.86. The molecule has 1 aromatic rings. The monoisotopic (exact) mass is 258 g/mol. The Labute approximate surface area is 107 Å². The van der Waals surface area contributed by atoms with Crippen LogP contribution < -0.4 is 5.32 Å². The molecule has 92 valence electrons. The van der Waals surface area contributed by atoms with E-state index in [-0.39, 0.29) is 0 Å². The molecule has 1 rings (SSSR count). The normalized spacial score (nSPS) is 14.9. The van der Waals surface area contributed by atoms with E-state index in [1.807, 2.05) is 23.3 Å². The van der Waals surface area contributed by atoms with E-state index in [0.29, 0.717) is 6.04 Å². The molecule has 0 spiro atoms. The van der Waals surface area contributed by atoms with Gasteiger partial charge in [0, 0.05) is 23.4 Å². The Balaban J connectivity index is 1.99. The third-order valence-electron chi connectivity index (χ3n) is 2.92. The van der Waals surface area contributed by atoms with Gasteiger partial charge in [-0.3, -0.25) is 0 Å². The molecule has 0 aliphatic rings. The minimum absolute atomic E-state index is 0.634. The van der Waals surface area contributed by atoms with Crippen molar-refractivity contribution in [2.24, 2.45) is 5.92 Å². The van der Waals surface area contributed by atoms with Gasteiger partial charge >= 0.3 is 0 Å². The number of hydrogen-bond acceptors (Lipinski definition) is 4. The summed E-state index contributed by atoms with van der Waals surface area (Å²) in [5.74, 6) is 1.93. The van der Waals surface area contributed by atoms with Crippen LogP contribution in [0.25, 0.3) is 0 Å². The summed E-state index contributed by atoms with van der Waals surface area (Å²) in [4.78, 5) is 4.25. The van der Waals surface area contributed by atoms with E-state index < -0.39 is 0 Å². The van der Waals surface area contributed by atoms with Crippen molar-refractivity contribution in [3.05, 3.63) is 11.6 Å². The molecule has 1 N–H and O–H groups in total. The number of nitrogens with zero attached hydrogens (tertiary/aromatic N) is 1. The van der Waals surface area contributed by atoms with Crippen LogP contribution in [0.3, 0.4) is 0 Å². The zero-order chi connectivity index (χ0) is 11.8. The van der Waals surface area contributed by atoms with Crippen LogP contribution >= 0.6 is 23.1 Å². The highest BCUT2D eigenvalue weighted by Gasteiger charge is 2.08. The number of nitrogens with one attached hydrogen (secondary N) is 1. The first-order chi connectivity index (χ1) is 7.74. The lowest BCUT2D eigenvalue weighted by Crippen LogP contribution is -2.32. The highest BCUT2D eigenvalue weighted by molar-refractivity contribution is 8.00. The Morgan fingerprint density at radius 1 is 1.50 bits per heavy atom. The predicted molar refractivity (Wildman–Crippen MR) is 74.4 cm³/mol. The quantitative estimate of drug-likeness (QED) is 0.569. The van der Waals surface area contributed by atoms with Crippen molar-refractivity contribution in [1.82, 2.24) is 10.3 Å². The van der Waals surface area contributed by atoms with Crippen LogP contribution in [0.5, 0.6) is 0 Å². The molecule has 0 aliphatic carbocycles. The van der Waals surface area contributed by atoms with Crippen LogP contribution in [0.15, 0.2) is 15.9 Å². The first-order valence-electron chi connectivity index (χ1n) is 5.99. The summed E-state index contributed by atoms with van der Waals surface area (Å²) in [6, 6.07) is 0.634. The SMILES string of the molecule is CCC(C)C(C)NCCCSc1nccs1. The van der Waals surface area contributed by atoms with Crippen LogP contribution in [0.4, 0.5) is 0 Å². The average molecular weight is 258 g/mol. The molecule has 0 bridgehead atoms. The summed E-state index contributed by atoms with van der Waals surface area (Å²) < 4.78 is 1.19. The van der Waals surface area contributed by atoms with E-state index in [1.54, 1.807) is 11.3 Å². The molecule has 2 unspecified atom stereocenters. The third-order valence-corrected chi connectivity index (χ3v) is 4.97. The minimum atomic E-state index is 0.634. The van der Waals surface area contributed by atoms with Gasteiger partial charge in [-0.2, -0.15) is 0 Å². The van der Waals surface area contributed by atoms with E-state index in [1.165, 1.54) is 17.2 Å². The summed E-state index contributed by atoms with van der Waals surface area (Å²) in [5, 5.41) is 5.62. The van der Waals surface area contributed by atoms with E-state index in [9.17, 15) is 0 Å². The van der Waals surface area contributed by atoms with Gasteiger partial charge in [-0.25, -0.2) is 4.98 Å². The molecule has 0 radical (unpaired) electrons. The second-order valence-electron chi connectivity index (χ2n) is 4.13. The van der Waals surface area contributed by atoms with E-state index >= 15 is 0 Å². The summed E-state index contributed by atoms with van der Waals surface area (Å²) in [6.45, 7) is 7.95. The van der Waals surface area contributed by atoms with Gasteiger partial charge in [0.15, 0.2) is 0 Å². The van der Waals surface area contributed by atoms with Crippen molar-refractivity contribution in [2.45, 2.75) is 44.0 Å². The molecule has 0 saturated heterocycles. The molecule has 2 atom stereocenters. The standard InChI is InChI=1S/C12H22N2S2/c1-4-10(2)11(3)13-6-5-8-15-12-14-7-9-16-12/h7,9-11,13H,4-6,8H2,1-3H3. The largest absolute Gasteiger partial charge is 0.314 e. The molecule has 0 saturated carbocycles. The highest BCUT2D eigenvalue weighted by atomic mass is 32.2. The lowest BCUT2D eigenvalue weighted by atomic mass is 10.0. The van der Waals surface area contributed by atoms with E-state index in [2.05, 4.69) is 31.1 Å². The van der Waals surface area contributed by atoms with Gasteiger partial charge in [0.2, 0.25) is 0 Å². The number of hydrogen-bond donors (Lipinski definition) is 1. The van der Waals surface area contributed by atoms with Crippen LogP contribution in [-0.2, 0) is 0 Å². The third kappa shape index (κ3) is 5.32. The van der Waals surface area contributed by atoms with Crippen molar-refractivity contribution in [2.75, 3.05) is 12.3 Å². The van der Waals surface area contributed by atoms with Crippen LogP contribution in [0.1, 0.15) is 33.6 Å². The fraction of sp³-hybridized carbons (Fsp3) is 0.750. The topological polar surface area (TPSA) is 24.9 Å². The van der Waals surface area contributed by atoms with E-state index in [0.717, 1.165) is 18.2 Å². The molecule has 0 amide bonds. The van der Waals surface area contributed by atoms with Crippen LogP contribution in [0, 0.1) is 5.92 Å². The van der Waals surface area contributed by atoms with Gasteiger partial charge in [0.25, 0.3) is 0 Å². The van der Waals surface area contributed by atoms with Gasteiger partial charge in [0.05, 0.1) is 0 Å². The van der Waals surface area contributed by atoms with Gasteiger partial charge in [-0.05, 0) is 25.8 Å². The highest BCUT2D eigenvalue weighted by Crippen LogP contribution is 2.20. The van der Waals surface area contributed by atoms with Gasteiger partial charge < -0.3 is 5.32 Å². The number of aromatic nitrogens is 1. The molecule has 0 aliphatic heterocycles. The van der Waals surface area contributed by atoms with Crippen molar-refractivity contribution in [1.29, 1.82) is 0 Å². The Morgan fingerprint density at radius 2 is 2.31 bits per heavy atom. The number of rotatable bonds is 8. The number of thiazole rings is 1. The molecule has 4 heteroatoms. The van der Waals surface area contributed by atoms with Crippen LogP contribution in [-0.4, -0.2) is 23.3 Å². The van der Waals surface area contributed by atoms with E-state index in [4.69, 9.17) is 0 Å². The van der Waals surface area contributed by atoms with Crippen molar-refractivity contribution in [3.8, 4) is 0 Å². The average Bonchev–Trinajstić information content (AvgIpc) is 2.80. The molecule has 1 aromatic heterocycles.